The van der Waals surface area contributed by atoms with Gasteiger partial charge in [0, 0.05) is 6.92 Å². The number of allylic oxidation sites excluding steroid dienone is 2. The summed E-state index contributed by atoms with van der Waals surface area (Å²) < 4.78 is 0. The SMILES string of the molecule is CC(C)=C(C)[N+]#CN. The largest absolute Gasteiger partial charge is 0.372 e. The van der Waals surface area contributed by atoms with Crippen LogP contribution in [0.1, 0.15) is 20.8 Å². The summed E-state index contributed by atoms with van der Waals surface area (Å²) in [5, 5.41) is 0. The third kappa shape index (κ3) is 2.25. The Hall–Kier alpha value is -0.970. The third-order valence-corrected chi connectivity index (χ3v) is 0.956. The Morgan fingerprint density at radius 3 is 2.00 bits per heavy atom. The molecule has 0 aromatic rings. The van der Waals surface area contributed by atoms with Gasteiger partial charge in [-0.15, -0.1) is 0 Å². The fourth-order valence-electron chi connectivity index (χ4n) is 0.209. The molecule has 0 aromatic carbocycles. The molecule has 0 fully saturated rings. The maximum atomic E-state index is 4.92. The Bertz CT molecular complexity index is 153. The Kier molecular flexibility index (Phi) is 2.71. The van der Waals surface area contributed by atoms with Crippen molar-refractivity contribution in [2.45, 2.75) is 20.8 Å². The zero-order chi connectivity index (χ0) is 6.57. The highest BCUT2D eigenvalue weighted by atomic mass is 14.7. The Balaban J connectivity index is 4.16. The van der Waals surface area contributed by atoms with Gasteiger partial charge >= 0.3 is 6.19 Å². The van der Waals surface area contributed by atoms with Crippen molar-refractivity contribution in [3.05, 3.63) is 16.1 Å². The van der Waals surface area contributed by atoms with Crippen LogP contribution in [0.25, 0.3) is 4.85 Å². The average molecular weight is 111 g/mol. The molecular formula is C6H11N2+. The van der Waals surface area contributed by atoms with E-state index in [-0.39, 0.29) is 0 Å². The molecule has 2 nitrogen and oxygen atoms in total. The van der Waals surface area contributed by atoms with E-state index in [4.69, 9.17) is 5.73 Å². The van der Waals surface area contributed by atoms with E-state index >= 15 is 0 Å². The van der Waals surface area contributed by atoms with E-state index < -0.39 is 0 Å². The number of nitrogens with zero attached hydrogens (tertiary/aromatic N) is 1. The minimum atomic E-state index is 0.938. The molecule has 0 spiro atoms. The molecule has 2 heteroatoms. The van der Waals surface area contributed by atoms with Gasteiger partial charge in [-0.1, -0.05) is 0 Å². The van der Waals surface area contributed by atoms with E-state index in [1.54, 1.807) is 0 Å². The van der Waals surface area contributed by atoms with E-state index in [0.717, 1.165) is 5.70 Å². The Morgan fingerprint density at radius 2 is 1.88 bits per heavy atom. The Morgan fingerprint density at radius 1 is 1.38 bits per heavy atom. The monoisotopic (exact) mass is 111 g/mol. The number of hydrogen-bond donors (Lipinski definition) is 1. The van der Waals surface area contributed by atoms with Crippen molar-refractivity contribution in [1.29, 1.82) is 0 Å². The van der Waals surface area contributed by atoms with E-state index in [0.29, 0.717) is 0 Å². The van der Waals surface area contributed by atoms with Gasteiger partial charge in [0.2, 0.25) is 5.70 Å². The lowest BCUT2D eigenvalue weighted by Gasteiger charge is -1.80. The van der Waals surface area contributed by atoms with Crippen LogP contribution in [0.4, 0.5) is 0 Å². The second kappa shape index (κ2) is 3.09. The summed E-state index contributed by atoms with van der Waals surface area (Å²) in [6.45, 7) is 5.86. The minimum absolute atomic E-state index is 0.938. The molecule has 0 aliphatic rings. The lowest BCUT2D eigenvalue weighted by molar-refractivity contribution is 1.29. The third-order valence-electron chi connectivity index (χ3n) is 0.956. The van der Waals surface area contributed by atoms with E-state index in [9.17, 15) is 0 Å². The van der Waals surface area contributed by atoms with Crippen molar-refractivity contribution in [3.63, 3.8) is 0 Å². The lowest BCUT2D eigenvalue weighted by atomic mass is 10.3. The number of hydrogen-bond acceptors (Lipinski definition) is 1. The van der Waals surface area contributed by atoms with Gasteiger partial charge in [0.1, 0.15) is 0 Å². The van der Waals surface area contributed by atoms with Crippen LogP contribution in [0.2, 0.25) is 0 Å². The molecule has 0 aliphatic carbocycles. The zero-order valence-electron chi connectivity index (χ0n) is 5.52. The highest BCUT2D eigenvalue weighted by Crippen LogP contribution is 2.01. The maximum Gasteiger partial charge on any atom is 0.372 e. The Labute approximate surface area is 49.8 Å². The summed E-state index contributed by atoms with van der Waals surface area (Å²) in [7, 11) is 0. The molecule has 0 bridgehead atoms. The predicted octanol–water partition coefficient (Wildman–Crippen LogP) is 1.55. The molecule has 0 rings (SSSR count). The first-order chi connectivity index (χ1) is 3.68. The standard InChI is InChI=1S/C6H10N2/c1-5(2)6(3)8-4-7/h7H,1-3H3/p+1. The van der Waals surface area contributed by atoms with Gasteiger partial charge in [0.25, 0.3) is 0 Å². The first-order valence-electron chi connectivity index (χ1n) is 2.49. The van der Waals surface area contributed by atoms with Gasteiger partial charge in [-0.3, -0.25) is 0 Å². The van der Waals surface area contributed by atoms with E-state index in [1.165, 1.54) is 5.57 Å². The molecular weight excluding hydrogens is 100 g/mol. The smallest absolute Gasteiger partial charge is 0.236 e. The van der Waals surface area contributed by atoms with Crippen molar-refractivity contribution >= 4 is 0 Å². The first kappa shape index (κ1) is 7.03. The van der Waals surface area contributed by atoms with Crippen LogP contribution >= 0.6 is 0 Å². The van der Waals surface area contributed by atoms with E-state index in [1.807, 2.05) is 20.8 Å². The molecule has 0 heterocycles. The predicted molar refractivity (Wildman–Crippen MR) is 35.5 cm³/mol. The van der Waals surface area contributed by atoms with Crippen LogP contribution in [-0.4, -0.2) is 0 Å². The fraction of sp³-hybridized carbons (Fsp3) is 0.500. The van der Waals surface area contributed by atoms with Crippen molar-refractivity contribution in [2.75, 3.05) is 0 Å². The molecule has 0 radical (unpaired) electrons. The molecule has 0 aliphatic heterocycles. The summed E-state index contributed by atoms with van der Waals surface area (Å²) in [6, 6.07) is 0. The van der Waals surface area contributed by atoms with Gasteiger partial charge < -0.3 is 0 Å². The van der Waals surface area contributed by atoms with Crippen LogP contribution in [0.3, 0.4) is 0 Å². The fourth-order valence-corrected chi connectivity index (χ4v) is 0.209. The van der Waals surface area contributed by atoms with Gasteiger partial charge in [0.05, 0.1) is 0 Å². The minimum Gasteiger partial charge on any atom is -0.236 e. The highest BCUT2D eigenvalue weighted by Gasteiger charge is 1.90. The van der Waals surface area contributed by atoms with Gasteiger partial charge in [-0.05, 0) is 19.4 Å². The van der Waals surface area contributed by atoms with Crippen molar-refractivity contribution in [1.82, 2.24) is 0 Å². The van der Waals surface area contributed by atoms with Crippen LogP contribution in [0.5, 0.6) is 0 Å². The highest BCUT2D eigenvalue weighted by molar-refractivity contribution is 5.16. The van der Waals surface area contributed by atoms with Gasteiger partial charge in [-0.2, -0.15) is 4.85 Å². The second-order valence-corrected chi connectivity index (χ2v) is 1.83. The molecule has 2 N–H and O–H groups in total. The molecule has 44 valence electrons. The summed E-state index contributed by atoms with van der Waals surface area (Å²) >= 11 is 0. The van der Waals surface area contributed by atoms with Gasteiger partial charge in [-0.25, -0.2) is 5.73 Å². The van der Waals surface area contributed by atoms with Gasteiger partial charge in [0.15, 0.2) is 0 Å². The summed E-state index contributed by atoms with van der Waals surface area (Å²) in [6.07, 6.45) is 2.22. The summed E-state index contributed by atoms with van der Waals surface area (Å²) in [5.74, 6) is 0. The molecule has 0 atom stereocenters. The molecule has 0 unspecified atom stereocenters. The molecule has 0 aromatic heterocycles. The normalized spacial score (nSPS) is 6.88. The molecule has 0 saturated carbocycles. The molecule has 0 saturated heterocycles. The topological polar surface area (TPSA) is 30.4 Å². The van der Waals surface area contributed by atoms with Crippen LogP contribution in [0.15, 0.2) is 11.3 Å². The summed E-state index contributed by atoms with van der Waals surface area (Å²) in [4.78, 5) is 3.73. The average Bonchev–Trinajstić information content (AvgIpc) is 1.67. The van der Waals surface area contributed by atoms with Crippen molar-refractivity contribution < 1.29 is 0 Å². The van der Waals surface area contributed by atoms with Crippen LogP contribution in [-0.2, 0) is 0 Å². The van der Waals surface area contributed by atoms with Crippen molar-refractivity contribution in [3.8, 4) is 6.19 Å². The maximum absolute atomic E-state index is 4.92. The van der Waals surface area contributed by atoms with E-state index in [2.05, 4.69) is 11.0 Å². The quantitative estimate of drug-likeness (QED) is 0.373. The molecule has 0 amide bonds. The number of rotatable bonds is 0. The van der Waals surface area contributed by atoms with Crippen LogP contribution in [0, 0.1) is 6.19 Å². The summed E-state index contributed by atoms with van der Waals surface area (Å²) in [5.41, 5.74) is 7.02. The first-order valence-corrected chi connectivity index (χ1v) is 2.49. The number of nitrogens with two attached hydrogens (primary N) is 1. The zero-order valence-corrected chi connectivity index (χ0v) is 5.52. The van der Waals surface area contributed by atoms with Crippen LogP contribution < -0.4 is 5.73 Å². The molecule has 8 heavy (non-hydrogen) atoms. The lowest BCUT2D eigenvalue weighted by Crippen LogP contribution is -1.76. The second-order valence-electron chi connectivity index (χ2n) is 1.83. The van der Waals surface area contributed by atoms with Crippen molar-refractivity contribution in [2.24, 2.45) is 5.73 Å².